The van der Waals surface area contributed by atoms with Crippen LogP contribution < -0.4 is 10.5 Å². The molecule has 1 aliphatic carbocycles. The fraction of sp³-hybridized carbons (Fsp3) is 0.600. The summed E-state index contributed by atoms with van der Waals surface area (Å²) in [5, 5.41) is 0. The zero-order chi connectivity index (χ0) is 11.9. The topological polar surface area (TPSA) is 35.2 Å². The van der Waals surface area contributed by atoms with Gasteiger partial charge in [0.25, 0.3) is 0 Å². The van der Waals surface area contributed by atoms with Gasteiger partial charge in [0.15, 0.2) is 0 Å². The van der Waals surface area contributed by atoms with E-state index < -0.39 is 0 Å². The highest BCUT2D eigenvalue weighted by Gasteiger charge is 2.13. The molecule has 2 rings (SSSR count). The van der Waals surface area contributed by atoms with Crippen molar-refractivity contribution in [2.24, 2.45) is 5.73 Å². The Kier molecular flexibility index (Phi) is 4.87. The van der Waals surface area contributed by atoms with Gasteiger partial charge in [-0.15, -0.1) is 0 Å². The molecule has 0 aliphatic heterocycles. The minimum absolute atomic E-state index is 0.422. The molecule has 0 bridgehead atoms. The van der Waals surface area contributed by atoms with Gasteiger partial charge in [0.1, 0.15) is 5.75 Å². The molecule has 2 heteroatoms. The first-order valence-corrected chi connectivity index (χ1v) is 6.84. The van der Waals surface area contributed by atoms with E-state index in [-0.39, 0.29) is 0 Å². The Balaban J connectivity index is 1.94. The average Bonchev–Trinajstić information content (AvgIpc) is 2.59. The monoisotopic (exact) mass is 233 g/mol. The quantitative estimate of drug-likeness (QED) is 0.810. The maximum absolute atomic E-state index is 6.08. The third kappa shape index (κ3) is 4.04. The van der Waals surface area contributed by atoms with Crippen LogP contribution in [0.3, 0.4) is 0 Å². The predicted octanol–water partition coefficient (Wildman–Crippen LogP) is 3.29. The molecule has 94 valence electrons. The molecule has 1 saturated carbocycles. The maximum Gasteiger partial charge on any atom is 0.119 e. The van der Waals surface area contributed by atoms with Crippen molar-refractivity contribution in [3.63, 3.8) is 0 Å². The molecule has 0 spiro atoms. The van der Waals surface area contributed by atoms with Gasteiger partial charge < -0.3 is 10.5 Å². The zero-order valence-electron chi connectivity index (χ0n) is 10.5. The van der Waals surface area contributed by atoms with Crippen molar-refractivity contribution in [3.05, 3.63) is 29.8 Å². The molecule has 1 aromatic rings. The summed E-state index contributed by atoms with van der Waals surface area (Å²) >= 11 is 0. The number of hydrogen-bond acceptors (Lipinski definition) is 2. The van der Waals surface area contributed by atoms with Crippen LogP contribution in [0.4, 0.5) is 0 Å². The van der Waals surface area contributed by atoms with Gasteiger partial charge in [-0.1, -0.05) is 25.0 Å². The highest BCUT2D eigenvalue weighted by atomic mass is 16.5. The lowest BCUT2D eigenvalue weighted by molar-refractivity contribution is 0.183. The molecule has 1 fully saturated rings. The highest BCUT2D eigenvalue weighted by Crippen LogP contribution is 2.23. The summed E-state index contributed by atoms with van der Waals surface area (Å²) in [6.07, 6.45) is 9.13. The second-order valence-corrected chi connectivity index (χ2v) is 4.92. The Morgan fingerprint density at radius 2 is 1.88 bits per heavy atom. The first kappa shape index (κ1) is 12.4. The van der Waals surface area contributed by atoms with Gasteiger partial charge in [-0.3, -0.25) is 0 Å². The van der Waals surface area contributed by atoms with E-state index in [0.717, 1.165) is 12.2 Å². The lowest BCUT2D eigenvalue weighted by atomic mass is 10.1. The van der Waals surface area contributed by atoms with Crippen LogP contribution in [0.25, 0.3) is 0 Å². The van der Waals surface area contributed by atoms with Gasteiger partial charge in [-0.05, 0) is 56.3 Å². The number of rotatable bonds is 4. The summed E-state index contributed by atoms with van der Waals surface area (Å²) in [7, 11) is 0. The lowest BCUT2D eigenvalue weighted by Crippen LogP contribution is -2.15. The van der Waals surface area contributed by atoms with E-state index in [1.807, 2.05) is 0 Å². The zero-order valence-corrected chi connectivity index (χ0v) is 10.5. The van der Waals surface area contributed by atoms with Crippen molar-refractivity contribution in [2.45, 2.75) is 51.0 Å². The third-order valence-electron chi connectivity index (χ3n) is 3.44. The molecule has 0 atom stereocenters. The molecule has 0 unspecified atom stereocenters. The molecule has 0 heterocycles. The fourth-order valence-corrected chi connectivity index (χ4v) is 2.49. The third-order valence-corrected chi connectivity index (χ3v) is 3.44. The van der Waals surface area contributed by atoms with E-state index in [1.54, 1.807) is 0 Å². The molecular weight excluding hydrogens is 210 g/mol. The minimum atomic E-state index is 0.422. The second kappa shape index (κ2) is 6.65. The normalized spacial score (nSPS) is 17.7. The molecule has 17 heavy (non-hydrogen) atoms. The van der Waals surface area contributed by atoms with Crippen molar-refractivity contribution >= 4 is 0 Å². The van der Waals surface area contributed by atoms with E-state index >= 15 is 0 Å². The van der Waals surface area contributed by atoms with E-state index in [0.29, 0.717) is 12.6 Å². The Bertz CT molecular complexity index is 329. The Hall–Kier alpha value is -1.02. The summed E-state index contributed by atoms with van der Waals surface area (Å²) in [6, 6.07) is 8.38. The van der Waals surface area contributed by atoms with Gasteiger partial charge in [0.2, 0.25) is 0 Å². The van der Waals surface area contributed by atoms with E-state index in [2.05, 4.69) is 24.3 Å². The van der Waals surface area contributed by atoms with E-state index in [9.17, 15) is 0 Å². The molecule has 1 aliphatic rings. The summed E-state index contributed by atoms with van der Waals surface area (Å²) in [4.78, 5) is 0. The van der Waals surface area contributed by atoms with Crippen LogP contribution in [0.2, 0.25) is 0 Å². The molecule has 0 saturated heterocycles. The first-order chi connectivity index (χ1) is 8.38. The van der Waals surface area contributed by atoms with Gasteiger partial charge in [0, 0.05) is 0 Å². The number of ether oxygens (including phenoxy) is 1. The van der Waals surface area contributed by atoms with Crippen LogP contribution in [-0.2, 0) is 6.42 Å². The van der Waals surface area contributed by atoms with Crippen LogP contribution in [-0.4, -0.2) is 12.6 Å². The largest absolute Gasteiger partial charge is 0.490 e. The minimum Gasteiger partial charge on any atom is -0.490 e. The Morgan fingerprint density at radius 1 is 1.12 bits per heavy atom. The standard InChI is InChI=1S/C15H23NO/c16-11-10-13-6-5-9-15(12-13)17-14-7-3-1-2-4-8-14/h5-6,9,12,14H,1-4,7-8,10-11,16H2. The van der Waals surface area contributed by atoms with Gasteiger partial charge in [0.05, 0.1) is 6.10 Å². The molecule has 0 amide bonds. The van der Waals surface area contributed by atoms with Crippen molar-refractivity contribution in [2.75, 3.05) is 6.54 Å². The summed E-state index contributed by atoms with van der Waals surface area (Å²) in [6.45, 7) is 0.701. The number of nitrogens with two attached hydrogens (primary N) is 1. The maximum atomic E-state index is 6.08. The van der Waals surface area contributed by atoms with E-state index in [4.69, 9.17) is 10.5 Å². The predicted molar refractivity (Wildman–Crippen MR) is 71.3 cm³/mol. The van der Waals surface area contributed by atoms with Crippen LogP contribution in [0.15, 0.2) is 24.3 Å². The molecule has 0 aromatic heterocycles. The van der Waals surface area contributed by atoms with Crippen LogP contribution in [0.5, 0.6) is 5.75 Å². The van der Waals surface area contributed by atoms with Crippen LogP contribution in [0, 0.1) is 0 Å². The SMILES string of the molecule is NCCc1cccc(OC2CCCCCC2)c1. The highest BCUT2D eigenvalue weighted by molar-refractivity contribution is 5.28. The van der Waals surface area contributed by atoms with E-state index in [1.165, 1.54) is 44.1 Å². The summed E-state index contributed by atoms with van der Waals surface area (Å²) < 4.78 is 6.08. The summed E-state index contributed by atoms with van der Waals surface area (Å²) in [5.74, 6) is 1.02. The first-order valence-electron chi connectivity index (χ1n) is 6.84. The summed E-state index contributed by atoms with van der Waals surface area (Å²) in [5.41, 5.74) is 6.85. The second-order valence-electron chi connectivity index (χ2n) is 4.92. The van der Waals surface area contributed by atoms with Crippen molar-refractivity contribution in [1.82, 2.24) is 0 Å². The van der Waals surface area contributed by atoms with Crippen molar-refractivity contribution in [3.8, 4) is 5.75 Å². The van der Waals surface area contributed by atoms with Crippen LogP contribution >= 0.6 is 0 Å². The van der Waals surface area contributed by atoms with Gasteiger partial charge >= 0.3 is 0 Å². The molecule has 2 N–H and O–H groups in total. The molecule has 1 aromatic carbocycles. The Morgan fingerprint density at radius 3 is 2.59 bits per heavy atom. The average molecular weight is 233 g/mol. The van der Waals surface area contributed by atoms with Crippen molar-refractivity contribution < 1.29 is 4.74 Å². The smallest absolute Gasteiger partial charge is 0.119 e. The molecule has 2 nitrogen and oxygen atoms in total. The van der Waals surface area contributed by atoms with Crippen LogP contribution in [0.1, 0.15) is 44.1 Å². The Labute approximate surface area is 104 Å². The molecular formula is C15H23NO. The van der Waals surface area contributed by atoms with Gasteiger partial charge in [-0.2, -0.15) is 0 Å². The van der Waals surface area contributed by atoms with Gasteiger partial charge in [-0.25, -0.2) is 0 Å². The lowest BCUT2D eigenvalue weighted by Gasteiger charge is -2.17. The fourth-order valence-electron chi connectivity index (χ4n) is 2.49. The number of benzene rings is 1. The number of hydrogen-bond donors (Lipinski definition) is 1. The van der Waals surface area contributed by atoms with Crippen molar-refractivity contribution in [1.29, 1.82) is 0 Å². The molecule has 0 radical (unpaired) electrons.